The van der Waals surface area contributed by atoms with Crippen molar-refractivity contribution >= 4 is 5.78 Å². The van der Waals surface area contributed by atoms with Crippen LogP contribution in [0.5, 0.6) is 0 Å². The molecule has 0 N–H and O–H groups in total. The molecule has 2 heteroatoms. The van der Waals surface area contributed by atoms with E-state index in [0.717, 1.165) is 35.4 Å². The van der Waals surface area contributed by atoms with Crippen LogP contribution in [0.15, 0.2) is 42.5 Å². The number of hydrogen-bond acceptors (Lipinski definition) is 2. The van der Waals surface area contributed by atoms with E-state index in [1.54, 1.807) is 0 Å². The fourth-order valence-corrected chi connectivity index (χ4v) is 5.72. The van der Waals surface area contributed by atoms with Crippen molar-refractivity contribution in [3.63, 3.8) is 0 Å². The Morgan fingerprint density at radius 3 is 2.14 bits per heavy atom. The maximum atomic E-state index is 12.6. The minimum absolute atomic E-state index is 0.251. The van der Waals surface area contributed by atoms with Gasteiger partial charge in [0.05, 0.1) is 11.6 Å². The number of nitrogens with zero attached hydrogens (tertiary/aromatic N) is 1. The Bertz CT molecular complexity index is 944. The van der Waals surface area contributed by atoms with Gasteiger partial charge in [-0.25, -0.2) is 0 Å². The Balaban J connectivity index is 1.64. The molecule has 0 saturated heterocycles. The first kappa shape index (κ1) is 27.2. The van der Waals surface area contributed by atoms with Crippen LogP contribution in [0.2, 0.25) is 0 Å². The van der Waals surface area contributed by atoms with Gasteiger partial charge in [-0.15, -0.1) is 0 Å². The quantitative estimate of drug-likeness (QED) is 0.203. The molecule has 2 aromatic carbocycles. The normalized spacial score (nSPS) is 17.7. The average Bonchev–Trinajstić information content (AvgIpc) is 2.91. The summed E-state index contributed by atoms with van der Waals surface area (Å²) in [4.78, 5) is 12.6. The highest BCUT2D eigenvalue weighted by atomic mass is 16.1. The zero-order valence-corrected chi connectivity index (χ0v) is 22.2. The third kappa shape index (κ3) is 8.34. The van der Waals surface area contributed by atoms with Gasteiger partial charge in [-0.3, -0.25) is 4.79 Å². The molecule has 1 aliphatic carbocycles. The van der Waals surface area contributed by atoms with Crippen molar-refractivity contribution in [1.29, 1.82) is 5.26 Å². The van der Waals surface area contributed by atoms with Gasteiger partial charge in [0, 0.05) is 12.0 Å². The van der Waals surface area contributed by atoms with Gasteiger partial charge in [0.2, 0.25) is 0 Å². The smallest absolute Gasteiger partial charge is 0.162 e. The third-order valence-electron chi connectivity index (χ3n) is 7.96. The SMILES string of the molecule is CCCCCCCC1CCC(c2cc(C#N)ccc2-c2ccc(C(=O)CCCCCC)cc2)CC1. The molecule has 1 aliphatic rings. The van der Waals surface area contributed by atoms with Gasteiger partial charge in [-0.1, -0.05) is 102 Å². The van der Waals surface area contributed by atoms with Crippen LogP contribution >= 0.6 is 0 Å². The lowest BCUT2D eigenvalue weighted by Gasteiger charge is -2.30. The van der Waals surface area contributed by atoms with Crippen molar-refractivity contribution in [2.75, 3.05) is 0 Å². The van der Waals surface area contributed by atoms with Crippen LogP contribution in [0.25, 0.3) is 11.1 Å². The van der Waals surface area contributed by atoms with Crippen molar-refractivity contribution in [2.24, 2.45) is 5.92 Å². The van der Waals surface area contributed by atoms with E-state index < -0.39 is 0 Å². The first-order valence-corrected chi connectivity index (χ1v) is 14.3. The van der Waals surface area contributed by atoms with E-state index in [9.17, 15) is 10.1 Å². The highest BCUT2D eigenvalue weighted by Gasteiger charge is 2.24. The lowest BCUT2D eigenvalue weighted by Crippen LogP contribution is -2.14. The molecule has 0 atom stereocenters. The molecule has 188 valence electrons. The van der Waals surface area contributed by atoms with Crippen LogP contribution in [0.1, 0.15) is 138 Å². The number of Topliss-reactive ketones (excluding diaryl/α,β-unsaturated/α-hetero) is 1. The second-order valence-electron chi connectivity index (χ2n) is 10.6. The molecule has 0 unspecified atom stereocenters. The van der Waals surface area contributed by atoms with Crippen molar-refractivity contribution in [2.45, 2.75) is 116 Å². The first-order chi connectivity index (χ1) is 17.2. The average molecular weight is 472 g/mol. The molecule has 0 spiro atoms. The lowest BCUT2D eigenvalue weighted by molar-refractivity contribution is 0.0979. The van der Waals surface area contributed by atoms with E-state index in [0.29, 0.717) is 12.3 Å². The van der Waals surface area contributed by atoms with Crippen molar-refractivity contribution in [3.8, 4) is 17.2 Å². The van der Waals surface area contributed by atoms with Gasteiger partial charge in [-0.05, 0) is 72.8 Å². The molecule has 3 rings (SSSR count). The van der Waals surface area contributed by atoms with Crippen LogP contribution in [-0.2, 0) is 0 Å². The minimum Gasteiger partial charge on any atom is -0.294 e. The van der Waals surface area contributed by atoms with Crippen LogP contribution in [-0.4, -0.2) is 5.78 Å². The Hall–Kier alpha value is -2.40. The molecule has 0 radical (unpaired) electrons. The Morgan fingerprint density at radius 2 is 1.49 bits per heavy atom. The third-order valence-corrected chi connectivity index (χ3v) is 7.96. The Morgan fingerprint density at radius 1 is 0.829 bits per heavy atom. The number of unbranched alkanes of at least 4 members (excludes halogenated alkanes) is 7. The maximum Gasteiger partial charge on any atom is 0.162 e. The number of carbonyl (C=O) groups excluding carboxylic acids is 1. The summed E-state index contributed by atoms with van der Waals surface area (Å²) in [5.41, 5.74) is 5.28. The second-order valence-corrected chi connectivity index (χ2v) is 10.6. The standard InChI is InChI=1S/C33H45NO/c1-3-5-7-9-10-12-26-14-17-29(18-15-26)32-24-27(25-34)16-23-31(32)28-19-21-30(22-20-28)33(35)13-11-8-6-4-2/h16,19-24,26,29H,3-15,17-18H2,1-2H3. The molecule has 1 fully saturated rings. The number of hydrogen-bond donors (Lipinski definition) is 0. The van der Waals surface area contributed by atoms with Gasteiger partial charge in [0.15, 0.2) is 5.78 Å². The fraction of sp³-hybridized carbons (Fsp3) is 0.576. The molecule has 0 aliphatic heterocycles. The molecular formula is C33H45NO. The van der Waals surface area contributed by atoms with Gasteiger partial charge in [0.25, 0.3) is 0 Å². The molecule has 2 nitrogen and oxygen atoms in total. The summed E-state index contributed by atoms with van der Waals surface area (Å²) in [7, 11) is 0. The predicted molar refractivity (Wildman–Crippen MR) is 148 cm³/mol. The summed E-state index contributed by atoms with van der Waals surface area (Å²) in [6, 6.07) is 16.7. The van der Waals surface area contributed by atoms with E-state index in [1.165, 1.54) is 88.2 Å². The zero-order valence-electron chi connectivity index (χ0n) is 22.2. The summed E-state index contributed by atoms with van der Waals surface area (Å²) in [6.07, 6.45) is 18.4. The fourth-order valence-electron chi connectivity index (χ4n) is 5.72. The van der Waals surface area contributed by atoms with E-state index in [1.807, 2.05) is 18.2 Å². The molecule has 35 heavy (non-hydrogen) atoms. The Labute approximate surface area is 214 Å². The summed E-state index contributed by atoms with van der Waals surface area (Å²) in [5, 5.41) is 9.54. The summed E-state index contributed by atoms with van der Waals surface area (Å²) >= 11 is 0. The lowest BCUT2D eigenvalue weighted by atomic mass is 9.75. The van der Waals surface area contributed by atoms with E-state index in [4.69, 9.17) is 0 Å². The van der Waals surface area contributed by atoms with Crippen LogP contribution in [0, 0.1) is 17.2 Å². The van der Waals surface area contributed by atoms with Crippen molar-refractivity contribution < 1.29 is 4.79 Å². The highest BCUT2D eigenvalue weighted by Crippen LogP contribution is 2.41. The number of benzene rings is 2. The van der Waals surface area contributed by atoms with E-state index in [-0.39, 0.29) is 5.78 Å². The number of nitriles is 1. The van der Waals surface area contributed by atoms with Gasteiger partial charge in [-0.2, -0.15) is 5.26 Å². The first-order valence-electron chi connectivity index (χ1n) is 14.3. The van der Waals surface area contributed by atoms with Crippen LogP contribution in [0.3, 0.4) is 0 Å². The zero-order chi connectivity index (χ0) is 24.9. The summed E-state index contributed by atoms with van der Waals surface area (Å²) in [5.74, 6) is 1.65. The summed E-state index contributed by atoms with van der Waals surface area (Å²) in [6.45, 7) is 4.47. The number of rotatable bonds is 14. The molecule has 0 heterocycles. The van der Waals surface area contributed by atoms with Gasteiger partial charge < -0.3 is 0 Å². The van der Waals surface area contributed by atoms with E-state index in [2.05, 4.69) is 44.2 Å². The van der Waals surface area contributed by atoms with Gasteiger partial charge in [0.1, 0.15) is 0 Å². The molecular weight excluding hydrogens is 426 g/mol. The molecule has 0 amide bonds. The monoisotopic (exact) mass is 471 g/mol. The minimum atomic E-state index is 0.251. The largest absolute Gasteiger partial charge is 0.294 e. The van der Waals surface area contributed by atoms with Gasteiger partial charge >= 0.3 is 0 Å². The summed E-state index contributed by atoms with van der Waals surface area (Å²) < 4.78 is 0. The predicted octanol–water partition coefficient (Wildman–Crippen LogP) is 10.0. The maximum absolute atomic E-state index is 12.6. The van der Waals surface area contributed by atoms with E-state index >= 15 is 0 Å². The molecule has 0 aromatic heterocycles. The molecule has 0 bridgehead atoms. The van der Waals surface area contributed by atoms with Crippen LogP contribution < -0.4 is 0 Å². The Kier molecular flexibility index (Phi) is 11.6. The molecule has 1 saturated carbocycles. The molecule has 2 aromatic rings. The van der Waals surface area contributed by atoms with Crippen LogP contribution in [0.4, 0.5) is 0 Å². The van der Waals surface area contributed by atoms with Crippen molar-refractivity contribution in [1.82, 2.24) is 0 Å². The number of carbonyl (C=O) groups is 1. The number of ketones is 1. The van der Waals surface area contributed by atoms with Crippen molar-refractivity contribution in [3.05, 3.63) is 59.2 Å². The topological polar surface area (TPSA) is 40.9 Å². The highest BCUT2D eigenvalue weighted by molar-refractivity contribution is 5.96. The second kappa shape index (κ2) is 14.9.